The monoisotopic (exact) mass is 299 g/mol. The fourth-order valence-electron chi connectivity index (χ4n) is 2.61. The van der Waals surface area contributed by atoms with E-state index in [0.717, 1.165) is 25.9 Å². The third-order valence-corrected chi connectivity index (χ3v) is 3.91. The fraction of sp³-hybridized carbons (Fsp3) is 0.471. The van der Waals surface area contributed by atoms with Gasteiger partial charge in [0.25, 0.3) is 0 Å². The zero-order valence-corrected chi connectivity index (χ0v) is 12.9. The van der Waals surface area contributed by atoms with Gasteiger partial charge in [-0.05, 0) is 44.4 Å². The lowest BCUT2D eigenvalue weighted by Gasteiger charge is -2.26. The highest BCUT2D eigenvalue weighted by Gasteiger charge is 2.16. The molecule has 1 fully saturated rings. The molecule has 0 unspecified atom stereocenters. The van der Waals surface area contributed by atoms with E-state index in [-0.39, 0.29) is 11.7 Å². The molecule has 1 aromatic rings. The predicted octanol–water partition coefficient (Wildman–Crippen LogP) is 2.58. The number of nitrogens with one attached hydrogen (secondary N) is 1. The Morgan fingerprint density at radius 3 is 2.64 bits per heavy atom. The topological polar surface area (TPSA) is 73.2 Å². The second kappa shape index (κ2) is 7.60. The molecule has 1 N–H and O–H groups in total. The third kappa shape index (κ3) is 4.08. The number of Topliss-reactive ketones (excluding diaryl/α,β-unsaturated/α-hetero) is 1. The van der Waals surface area contributed by atoms with Crippen LogP contribution in [0.5, 0.6) is 0 Å². The molecule has 116 valence electrons. The fourth-order valence-corrected chi connectivity index (χ4v) is 2.61. The van der Waals surface area contributed by atoms with Crippen molar-refractivity contribution in [3.8, 4) is 6.07 Å². The second-order valence-electron chi connectivity index (χ2n) is 5.55. The minimum absolute atomic E-state index is 0.0445. The Morgan fingerprint density at radius 2 is 2.00 bits per heavy atom. The molecule has 0 aromatic heterocycles. The molecule has 1 heterocycles. The van der Waals surface area contributed by atoms with Crippen LogP contribution in [0.1, 0.15) is 48.5 Å². The normalized spacial score (nSPS) is 14.3. The minimum Gasteiger partial charge on any atom is -0.383 e. The molecule has 0 bridgehead atoms. The summed E-state index contributed by atoms with van der Waals surface area (Å²) in [6.07, 6.45) is 3.76. The van der Waals surface area contributed by atoms with Gasteiger partial charge < -0.3 is 10.2 Å². The summed E-state index contributed by atoms with van der Waals surface area (Å²) in [6, 6.07) is 7.04. The Hall–Kier alpha value is -2.35. The summed E-state index contributed by atoms with van der Waals surface area (Å²) in [7, 11) is 0. The van der Waals surface area contributed by atoms with Gasteiger partial charge in [0.2, 0.25) is 5.91 Å². The molecule has 1 aromatic carbocycles. The number of nitriles is 1. The first-order valence-electron chi connectivity index (χ1n) is 7.68. The summed E-state index contributed by atoms with van der Waals surface area (Å²) in [5.41, 5.74) is 1.65. The second-order valence-corrected chi connectivity index (χ2v) is 5.55. The first-order valence-corrected chi connectivity index (χ1v) is 7.68. The van der Waals surface area contributed by atoms with Crippen LogP contribution in [0.4, 0.5) is 5.69 Å². The van der Waals surface area contributed by atoms with Crippen LogP contribution in [0.25, 0.3) is 0 Å². The molecule has 1 aliphatic heterocycles. The Balaban J connectivity index is 1.93. The Bertz CT molecular complexity index is 598. The Kier molecular flexibility index (Phi) is 5.54. The lowest BCUT2D eigenvalue weighted by molar-refractivity contribution is -0.131. The highest BCUT2D eigenvalue weighted by atomic mass is 16.2. The van der Waals surface area contributed by atoms with Gasteiger partial charge in [0.15, 0.2) is 5.78 Å². The Morgan fingerprint density at radius 1 is 1.27 bits per heavy atom. The quantitative estimate of drug-likeness (QED) is 0.848. The minimum atomic E-state index is -0.0445. The van der Waals surface area contributed by atoms with Crippen molar-refractivity contribution in [2.24, 2.45) is 0 Å². The lowest BCUT2D eigenvalue weighted by atomic mass is 10.1. The molecular formula is C17H21N3O2. The van der Waals surface area contributed by atoms with E-state index in [0.29, 0.717) is 29.8 Å². The highest BCUT2D eigenvalue weighted by Crippen LogP contribution is 2.18. The van der Waals surface area contributed by atoms with Gasteiger partial charge in [-0.15, -0.1) is 0 Å². The van der Waals surface area contributed by atoms with Gasteiger partial charge >= 0.3 is 0 Å². The maximum atomic E-state index is 12.1. The molecule has 2 rings (SSSR count). The van der Waals surface area contributed by atoms with Gasteiger partial charge in [-0.1, -0.05) is 0 Å². The number of amides is 1. The van der Waals surface area contributed by atoms with Gasteiger partial charge in [0, 0.05) is 31.6 Å². The van der Waals surface area contributed by atoms with Crippen LogP contribution in [0.3, 0.4) is 0 Å². The van der Waals surface area contributed by atoms with Gasteiger partial charge in [-0.25, -0.2) is 0 Å². The van der Waals surface area contributed by atoms with Gasteiger partial charge in [0.1, 0.15) is 6.07 Å². The number of hydrogen-bond acceptors (Lipinski definition) is 4. The molecule has 5 nitrogen and oxygen atoms in total. The summed E-state index contributed by atoms with van der Waals surface area (Å²) in [5.74, 6) is 0.102. The average molecular weight is 299 g/mol. The molecule has 1 saturated heterocycles. The number of rotatable bonds is 5. The molecule has 1 aliphatic rings. The maximum absolute atomic E-state index is 12.1. The van der Waals surface area contributed by atoms with Crippen LogP contribution in [0, 0.1) is 11.3 Å². The van der Waals surface area contributed by atoms with Crippen molar-refractivity contribution < 1.29 is 9.59 Å². The van der Waals surface area contributed by atoms with E-state index >= 15 is 0 Å². The SMILES string of the molecule is CC(=O)c1ccc(C#N)c(NCCC(=O)N2CCCCC2)c1. The van der Waals surface area contributed by atoms with Crippen molar-refractivity contribution in [2.45, 2.75) is 32.6 Å². The molecule has 0 radical (unpaired) electrons. The third-order valence-electron chi connectivity index (χ3n) is 3.91. The smallest absolute Gasteiger partial charge is 0.224 e. The van der Waals surface area contributed by atoms with Crippen LogP contribution in [0.2, 0.25) is 0 Å². The van der Waals surface area contributed by atoms with E-state index in [9.17, 15) is 9.59 Å². The standard InChI is InChI=1S/C17H21N3O2/c1-13(21)14-5-6-15(12-18)16(11-14)19-8-7-17(22)20-9-3-2-4-10-20/h5-6,11,19H,2-4,7-10H2,1H3. The summed E-state index contributed by atoms with van der Waals surface area (Å²) >= 11 is 0. The summed E-state index contributed by atoms with van der Waals surface area (Å²) in [4.78, 5) is 25.4. The molecular weight excluding hydrogens is 278 g/mol. The zero-order chi connectivity index (χ0) is 15.9. The van der Waals surface area contributed by atoms with Crippen molar-refractivity contribution >= 4 is 17.4 Å². The molecule has 0 spiro atoms. The molecule has 0 atom stereocenters. The zero-order valence-electron chi connectivity index (χ0n) is 12.9. The summed E-state index contributed by atoms with van der Waals surface area (Å²) in [6.45, 7) is 3.65. The molecule has 5 heteroatoms. The predicted molar refractivity (Wildman–Crippen MR) is 84.7 cm³/mol. The van der Waals surface area contributed by atoms with Crippen LogP contribution in [0.15, 0.2) is 18.2 Å². The number of ketones is 1. The van der Waals surface area contributed by atoms with Gasteiger partial charge in [0.05, 0.1) is 11.3 Å². The number of piperidine rings is 1. The number of hydrogen-bond donors (Lipinski definition) is 1. The highest BCUT2D eigenvalue weighted by molar-refractivity contribution is 5.95. The number of carbonyl (C=O) groups is 2. The van der Waals surface area contributed by atoms with Crippen molar-refractivity contribution in [1.82, 2.24) is 4.90 Å². The van der Waals surface area contributed by atoms with E-state index in [1.165, 1.54) is 13.3 Å². The van der Waals surface area contributed by atoms with E-state index < -0.39 is 0 Å². The Labute approximate surface area is 130 Å². The van der Waals surface area contributed by atoms with Crippen LogP contribution >= 0.6 is 0 Å². The molecule has 1 amide bonds. The first kappa shape index (κ1) is 16.0. The number of likely N-dealkylation sites (tertiary alicyclic amines) is 1. The van der Waals surface area contributed by atoms with Crippen molar-refractivity contribution in [1.29, 1.82) is 5.26 Å². The van der Waals surface area contributed by atoms with Crippen molar-refractivity contribution in [2.75, 3.05) is 25.0 Å². The summed E-state index contributed by atoms with van der Waals surface area (Å²) in [5, 5.41) is 12.2. The molecule has 0 saturated carbocycles. The van der Waals surface area contributed by atoms with Crippen LogP contribution in [-0.2, 0) is 4.79 Å². The average Bonchev–Trinajstić information content (AvgIpc) is 2.55. The van der Waals surface area contributed by atoms with E-state index in [2.05, 4.69) is 11.4 Å². The number of carbonyl (C=O) groups excluding carboxylic acids is 2. The molecule has 0 aliphatic carbocycles. The molecule has 22 heavy (non-hydrogen) atoms. The van der Waals surface area contributed by atoms with Gasteiger partial charge in [-0.2, -0.15) is 5.26 Å². The largest absolute Gasteiger partial charge is 0.383 e. The summed E-state index contributed by atoms with van der Waals surface area (Å²) < 4.78 is 0. The van der Waals surface area contributed by atoms with Crippen LogP contribution in [-0.4, -0.2) is 36.2 Å². The number of anilines is 1. The van der Waals surface area contributed by atoms with E-state index in [1.807, 2.05) is 4.90 Å². The van der Waals surface area contributed by atoms with Crippen molar-refractivity contribution in [3.05, 3.63) is 29.3 Å². The van der Waals surface area contributed by atoms with E-state index in [1.54, 1.807) is 18.2 Å². The lowest BCUT2D eigenvalue weighted by Crippen LogP contribution is -2.36. The van der Waals surface area contributed by atoms with Gasteiger partial charge in [-0.3, -0.25) is 9.59 Å². The van der Waals surface area contributed by atoms with Crippen molar-refractivity contribution in [3.63, 3.8) is 0 Å². The van der Waals surface area contributed by atoms with E-state index in [4.69, 9.17) is 5.26 Å². The number of benzene rings is 1. The van der Waals surface area contributed by atoms with Crippen LogP contribution < -0.4 is 5.32 Å². The maximum Gasteiger partial charge on any atom is 0.224 e. The first-order chi connectivity index (χ1) is 10.6. The number of nitrogens with zero attached hydrogens (tertiary/aromatic N) is 2.